The summed E-state index contributed by atoms with van der Waals surface area (Å²) in [5, 5.41) is 4.41. The van der Waals surface area contributed by atoms with E-state index in [-0.39, 0.29) is 11.9 Å². The van der Waals surface area contributed by atoms with E-state index in [1.807, 2.05) is 30.3 Å². The predicted molar refractivity (Wildman–Crippen MR) is 102 cm³/mol. The minimum absolute atomic E-state index is 0.0228. The Balaban J connectivity index is 1.83. The molecule has 2 aromatic rings. The molecule has 1 aliphatic heterocycles. The molecule has 4 rings (SSSR count). The van der Waals surface area contributed by atoms with Crippen molar-refractivity contribution in [2.75, 3.05) is 19.4 Å². The maximum atomic E-state index is 12.7. The van der Waals surface area contributed by atoms with Crippen LogP contribution in [0.25, 0.3) is 0 Å². The highest BCUT2D eigenvalue weighted by Crippen LogP contribution is 2.50. The maximum absolute atomic E-state index is 12.7. The van der Waals surface area contributed by atoms with Gasteiger partial charge in [0.2, 0.25) is 0 Å². The molecule has 0 radical (unpaired) electrons. The second kappa shape index (κ2) is 6.23. The molecule has 1 aliphatic carbocycles. The zero-order chi connectivity index (χ0) is 17.6. The average Bonchev–Trinajstić information content (AvgIpc) is 3.09. The van der Waals surface area contributed by atoms with Crippen molar-refractivity contribution >= 4 is 23.2 Å². The Morgan fingerprint density at radius 1 is 1.20 bits per heavy atom. The molecule has 1 heterocycles. The van der Waals surface area contributed by atoms with Crippen LogP contribution < -0.4 is 5.32 Å². The van der Waals surface area contributed by atoms with E-state index in [1.54, 1.807) is 19.0 Å². The first-order valence-corrected chi connectivity index (χ1v) is 8.97. The van der Waals surface area contributed by atoms with Gasteiger partial charge in [0, 0.05) is 25.0 Å². The van der Waals surface area contributed by atoms with Gasteiger partial charge in [-0.25, -0.2) is 0 Å². The van der Waals surface area contributed by atoms with Gasteiger partial charge in [-0.15, -0.1) is 0 Å². The predicted octanol–water partition coefficient (Wildman–Crippen LogP) is 4.87. The van der Waals surface area contributed by atoms with Crippen LogP contribution in [0, 0.1) is 5.92 Å². The molecule has 0 aromatic heterocycles. The molecule has 4 heteroatoms. The van der Waals surface area contributed by atoms with Crippen LogP contribution in [0.15, 0.2) is 54.6 Å². The molecule has 0 saturated carbocycles. The summed E-state index contributed by atoms with van der Waals surface area (Å²) in [7, 11) is 3.58. The number of fused-ring (bicyclic) bond motifs is 3. The molecule has 25 heavy (non-hydrogen) atoms. The minimum atomic E-state index is 0.0228. The zero-order valence-electron chi connectivity index (χ0n) is 14.4. The normalized spacial score (nSPS) is 23.6. The first-order valence-electron chi connectivity index (χ1n) is 8.59. The van der Waals surface area contributed by atoms with Crippen molar-refractivity contribution in [2.45, 2.75) is 18.4 Å². The Kier molecular flexibility index (Phi) is 4.04. The number of rotatable bonds is 2. The molecule has 128 valence electrons. The summed E-state index contributed by atoms with van der Waals surface area (Å²) in [6.45, 7) is 0. The highest BCUT2D eigenvalue weighted by Gasteiger charge is 2.39. The van der Waals surface area contributed by atoms with Crippen molar-refractivity contribution in [3.05, 3.63) is 76.3 Å². The van der Waals surface area contributed by atoms with Crippen LogP contribution >= 0.6 is 11.6 Å². The van der Waals surface area contributed by atoms with Gasteiger partial charge >= 0.3 is 0 Å². The summed E-state index contributed by atoms with van der Waals surface area (Å²) in [5.41, 5.74) is 4.07. The first kappa shape index (κ1) is 16.2. The lowest BCUT2D eigenvalue weighted by molar-refractivity contribution is 0.0828. The molecule has 1 N–H and O–H groups in total. The third kappa shape index (κ3) is 2.73. The second-order valence-electron chi connectivity index (χ2n) is 7.00. The number of amides is 1. The number of carbonyl (C=O) groups excluding carboxylic acids is 1. The van der Waals surface area contributed by atoms with E-state index >= 15 is 0 Å². The van der Waals surface area contributed by atoms with Crippen molar-refractivity contribution in [1.82, 2.24) is 4.90 Å². The molecule has 0 fully saturated rings. The number of carbonyl (C=O) groups is 1. The largest absolute Gasteiger partial charge is 0.377 e. The third-order valence-corrected chi connectivity index (χ3v) is 5.48. The molecule has 3 unspecified atom stereocenters. The van der Waals surface area contributed by atoms with Gasteiger partial charge in [-0.3, -0.25) is 4.79 Å². The average molecular weight is 353 g/mol. The quantitative estimate of drug-likeness (QED) is 0.782. The van der Waals surface area contributed by atoms with E-state index < -0.39 is 0 Å². The second-order valence-corrected chi connectivity index (χ2v) is 7.44. The van der Waals surface area contributed by atoms with Crippen LogP contribution in [0.1, 0.15) is 39.9 Å². The molecular weight excluding hydrogens is 332 g/mol. The SMILES string of the molecule is CN(C)C(=O)c1cccc2c1NC(c1cccc(Cl)c1)C1CC=CC21. The van der Waals surface area contributed by atoms with Gasteiger partial charge in [0.05, 0.1) is 17.3 Å². The summed E-state index contributed by atoms with van der Waals surface area (Å²) in [6, 6.07) is 14.2. The summed E-state index contributed by atoms with van der Waals surface area (Å²) in [4.78, 5) is 14.3. The van der Waals surface area contributed by atoms with E-state index in [0.717, 1.165) is 22.7 Å². The topological polar surface area (TPSA) is 32.3 Å². The van der Waals surface area contributed by atoms with Gasteiger partial charge in [-0.1, -0.05) is 48.0 Å². The lowest BCUT2D eigenvalue weighted by atomic mass is 9.76. The third-order valence-electron chi connectivity index (χ3n) is 5.24. The van der Waals surface area contributed by atoms with Crippen molar-refractivity contribution in [3.8, 4) is 0 Å². The number of hydrogen-bond acceptors (Lipinski definition) is 2. The number of allylic oxidation sites excluding steroid dienone is 2. The van der Waals surface area contributed by atoms with Crippen LogP contribution in [0.3, 0.4) is 0 Å². The fourth-order valence-corrected chi connectivity index (χ4v) is 4.27. The van der Waals surface area contributed by atoms with Gasteiger partial charge < -0.3 is 10.2 Å². The van der Waals surface area contributed by atoms with Crippen molar-refractivity contribution < 1.29 is 4.79 Å². The highest BCUT2D eigenvalue weighted by molar-refractivity contribution is 6.30. The lowest BCUT2D eigenvalue weighted by Gasteiger charge is -2.38. The molecule has 3 nitrogen and oxygen atoms in total. The molecule has 0 spiro atoms. The summed E-state index contributed by atoms with van der Waals surface area (Å²) in [5.74, 6) is 0.792. The monoisotopic (exact) mass is 352 g/mol. The number of nitrogens with zero attached hydrogens (tertiary/aromatic N) is 1. The summed E-state index contributed by atoms with van der Waals surface area (Å²) >= 11 is 6.23. The van der Waals surface area contributed by atoms with Crippen molar-refractivity contribution in [2.24, 2.45) is 5.92 Å². The number of hydrogen-bond donors (Lipinski definition) is 1. The summed E-state index contributed by atoms with van der Waals surface area (Å²) < 4.78 is 0. The number of para-hydroxylation sites is 1. The Bertz CT molecular complexity index is 859. The molecule has 1 amide bonds. The molecule has 3 atom stereocenters. The van der Waals surface area contributed by atoms with Gasteiger partial charge in [0.1, 0.15) is 0 Å². The fraction of sp³-hybridized carbons (Fsp3) is 0.286. The van der Waals surface area contributed by atoms with E-state index in [4.69, 9.17) is 11.6 Å². The first-order chi connectivity index (χ1) is 12.1. The number of anilines is 1. The van der Waals surface area contributed by atoms with Crippen molar-refractivity contribution in [3.63, 3.8) is 0 Å². The number of benzene rings is 2. The maximum Gasteiger partial charge on any atom is 0.255 e. The number of nitrogens with one attached hydrogen (secondary N) is 1. The van der Waals surface area contributed by atoms with E-state index in [9.17, 15) is 4.79 Å². The van der Waals surface area contributed by atoms with Crippen LogP contribution in [-0.2, 0) is 0 Å². The Morgan fingerprint density at radius 3 is 2.76 bits per heavy atom. The van der Waals surface area contributed by atoms with Crippen molar-refractivity contribution in [1.29, 1.82) is 0 Å². The standard InChI is InChI=1S/C21H21ClN2O/c1-24(2)21(25)18-11-5-10-17-15-8-4-9-16(15)19(23-20(17)18)13-6-3-7-14(22)12-13/h3-8,10-12,15-16,19,23H,9H2,1-2H3. The van der Waals surface area contributed by atoms with Crippen LogP contribution in [0.5, 0.6) is 0 Å². The number of halogens is 1. The van der Waals surface area contributed by atoms with Gasteiger partial charge in [-0.2, -0.15) is 0 Å². The summed E-state index contributed by atoms with van der Waals surface area (Å²) in [6.07, 6.45) is 5.57. The van der Waals surface area contributed by atoms with Gasteiger partial charge in [0.25, 0.3) is 5.91 Å². The molecule has 2 aromatic carbocycles. The van der Waals surface area contributed by atoms with E-state index in [2.05, 4.69) is 29.6 Å². The smallest absolute Gasteiger partial charge is 0.255 e. The van der Waals surface area contributed by atoms with E-state index in [0.29, 0.717) is 11.8 Å². The van der Waals surface area contributed by atoms with Gasteiger partial charge in [0.15, 0.2) is 0 Å². The van der Waals surface area contributed by atoms with Crippen LogP contribution in [0.4, 0.5) is 5.69 Å². The highest BCUT2D eigenvalue weighted by atomic mass is 35.5. The lowest BCUT2D eigenvalue weighted by Crippen LogP contribution is -2.31. The Labute approximate surface area is 153 Å². The van der Waals surface area contributed by atoms with Crippen LogP contribution in [-0.4, -0.2) is 24.9 Å². The molecule has 2 aliphatic rings. The molecule has 0 saturated heterocycles. The molecule has 0 bridgehead atoms. The Morgan fingerprint density at radius 2 is 2.00 bits per heavy atom. The van der Waals surface area contributed by atoms with Crippen LogP contribution in [0.2, 0.25) is 5.02 Å². The van der Waals surface area contributed by atoms with Gasteiger partial charge in [-0.05, 0) is 41.7 Å². The van der Waals surface area contributed by atoms with E-state index in [1.165, 1.54) is 11.1 Å². The zero-order valence-corrected chi connectivity index (χ0v) is 15.1. The molecular formula is C21H21ClN2O. The Hall–Kier alpha value is -2.26. The minimum Gasteiger partial charge on any atom is -0.377 e. The fourth-order valence-electron chi connectivity index (χ4n) is 4.07.